The number of carbonyl (C=O) groups is 1. The van der Waals surface area contributed by atoms with Crippen molar-refractivity contribution in [2.75, 3.05) is 17.2 Å². The minimum absolute atomic E-state index is 0.0205. The van der Waals surface area contributed by atoms with Crippen LogP contribution in [0.15, 0.2) is 29.6 Å². The molecular weight excluding hydrogens is 290 g/mol. The Balaban J connectivity index is 1.94. The van der Waals surface area contributed by atoms with Gasteiger partial charge in [-0.2, -0.15) is 0 Å². The Hall–Kier alpha value is -2.41. The van der Waals surface area contributed by atoms with E-state index in [1.165, 1.54) is 11.4 Å². The molecule has 1 aliphatic rings. The van der Waals surface area contributed by atoms with Gasteiger partial charge in [0.15, 0.2) is 0 Å². The highest BCUT2D eigenvalue weighted by molar-refractivity contribution is 7.13. The Morgan fingerprint density at radius 3 is 2.90 bits per heavy atom. The number of anilines is 2. The molecule has 0 spiro atoms. The molecule has 0 fully saturated rings. The molecular formula is C14H13N3O3S. The summed E-state index contributed by atoms with van der Waals surface area (Å²) in [4.78, 5) is 24.5. The summed E-state index contributed by atoms with van der Waals surface area (Å²) in [6, 6.07) is 6.81. The molecule has 1 amide bonds. The molecule has 0 radical (unpaired) electrons. The summed E-state index contributed by atoms with van der Waals surface area (Å²) >= 11 is 0.967. The van der Waals surface area contributed by atoms with Crippen LogP contribution in [0.5, 0.6) is 0 Å². The molecule has 0 aliphatic carbocycles. The lowest BCUT2D eigenvalue weighted by atomic mass is 10.0. The molecule has 3 rings (SSSR count). The summed E-state index contributed by atoms with van der Waals surface area (Å²) in [5, 5.41) is 12.2. The molecule has 0 bridgehead atoms. The Kier molecular flexibility index (Phi) is 3.34. The van der Waals surface area contributed by atoms with Gasteiger partial charge in [-0.25, -0.2) is 0 Å². The van der Waals surface area contributed by atoms with Crippen LogP contribution in [0.1, 0.15) is 22.3 Å². The normalized spacial score (nSPS) is 13.8. The Morgan fingerprint density at radius 1 is 1.38 bits per heavy atom. The number of nitro groups is 1. The number of aryl methyl sites for hydroxylation is 1. The van der Waals surface area contributed by atoms with Crippen LogP contribution in [0.3, 0.4) is 0 Å². The van der Waals surface area contributed by atoms with Crippen LogP contribution in [-0.2, 0) is 6.42 Å². The van der Waals surface area contributed by atoms with Gasteiger partial charge in [0.1, 0.15) is 0 Å². The molecule has 1 aromatic heterocycles. The SMILES string of the molecule is Nc1ccc2c(c1)CCCN2C(=O)c1csc([N+](=O)[O-])c1. The predicted molar refractivity (Wildman–Crippen MR) is 81.8 cm³/mol. The maximum absolute atomic E-state index is 12.6. The number of rotatable bonds is 2. The number of nitrogens with zero attached hydrogens (tertiary/aromatic N) is 2. The van der Waals surface area contributed by atoms with Gasteiger partial charge in [0.25, 0.3) is 5.91 Å². The average Bonchev–Trinajstić information content (AvgIpc) is 2.95. The Bertz CT molecular complexity index is 726. The molecule has 7 heteroatoms. The molecule has 0 saturated heterocycles. The fraction of sp³-hybridized carbons (Fsp3) is 0.214. The standard InChI is InChI=1S/C14H13N3O3S/c15-11-3-4-12-9(6-11)2-1-5-16(12)14(18)10-7-13(17(19)20)21-8-10/h3-4,6-8H,1-2,5,15H2. The first-order valence-corrected chi connectivity index (χ1v) is 7.37. The van der Waals surface area contributed by atoms with Gasteiger partial charge in [0, 0.05) is 29.4 Å². The number of hydrogen-bond donors (Lipinski definition) is 1. The number of amides is 1. The quantitative estimate of drug-likeness (QED) is 0.525. The van der Waals surface area contributed by atoms with E-state index in [-0.39, 0.29) is 10.9 Å². The van der Waals surface area contributed by atoms with E-state index in [0.29, 0.717) is 17.8 Å². The number of nitrogen functional groups attached to an aromatic ring is 1. The molecule has 1 aromatic carbocycles. The molecule has 6 nitrogen and oxygen atoms in total. The fourth-order valence-corrected chi connectivity index (χ4v) is 3.21. The van der Waals surface area contributed by atoms with Gasteiger partial charge < -0.3 is 10.6 Å². The van der Waals surface area contributed by atoms with Crippen molar-refractivity contribution in [2.24, 2.45) is 0 Å². The van der Waals surface area contributed by atoms with Gasteiger partial charge in [-0.3, -0.25) is 14.9 Å². The van der Waals surface area contributed by atoms with Crippen LogP contribution in [0.25, 0.3) is 0 Å². The molecule has 2 heterocycles. The molecule has 108 valence electrons. The zero-order valence-corrected chi connectivity index (χ0v) is 11.9. The lowest BCUT2D eigenvalue weighted by Gasteiger charge is -2.29. The highest BCUT2D eigenvalue weighted by Gasteiger charge is 2.25. The molecule has 1 aliphatic heterocycles. The van der Waals surface area contributed by atoms with E-state index in [2.05, 4.69) is 0 Å². The van der Waals surface area contributed by atoms with E-state index in [1.54, 1.807) is 11.0 Å². The smallest absolute Gasteiger partial charge is 0.324 e. The third-order valence-electron chi connectivity index (χ3n) is 3.48. The zero-order chi connectivity index (χ0) is 15.0. The van der Waals surface area contributed by atoms with Crippen molar-refractivity contribution in [3.63, 3.8) is 0 Å². The van der Waals surface area contributed by atoms with Crippen molar-refractivity contribution in [3.8, 4) is 0 Å². The monoisotopic (exact) mass is 303 g/mol. The summed E-state index contributed by atoms with van der Waals surface area (Å²) in [6.45, 7) is 0.611. The third-order valence-corrected chi connectivity index (χ3v) is 4.36. The fourth-order valence-electron chi connectivity index (χ4n) is 2.52. The van der Waals surface area contributed by atoms with E-state index in [0.717, 1.165) is 35.4 Å². The first kappa shape index (κ1) is 13.6. The first-order chi connectivity index (χ1) is 10.1. The summed E-state index contributed by atoms with van der Waals surface area (Å²) in [5.41, 5.74) is 8.69. The van der Waals surface area contributed by atoms with Crippen LogP contribution in [0.2, 0.25) is 0 Å². The van der Waals surface area contributed by atoms with Crippen LogP contribution in [-0.4, -0.2) is 17.4 Å². The molecule has 21 heavy (non-hydrogen) atoms. The number of fused-ring (bicyclic) bond motifs is 1. The second-order valence-electron chi connectivity index (χ2n) is 4.88. The second-order valence-corrected chi connectivity index (χ2v) is 5.77. The van der Waals surface area contributed by atoms with E-state index >= 15 is 0 Å². The van der Waals surface area contributed by atoms with Crippen molar-refractivity contribution in [1.29, 1.82) is 0 Å². The molecule has 2 aromatic rings. The highest BCUT2D eigenvalue weighted by atomic mass is 32.1. The topological polar surface area (TPSA) is 89.5 Å². The van der Waals surface area contributed by atoms with Gasteiger partial charge in [-0.1, -0.05) is 11.3 Å². The Labute approximate surface area is 124 Å². The Morgan fingerprint density at radius 2 is 2.19 bits per heavy atom. The second kappa shape index (κ2) is 5.17. The number of thiophene rings is 1. The summed E-state index contributed by atoms with van der Waals surface area (Å²) < 4.78 is 0. The first-order valence-electron chi connectivity index (χ1n) is 6.49. The number of nitrogens with two attached hydrogens (primary N) is 1. The van der Waals surface area contributed by atoms with Gasteiger partial charge in [-0.15, -0.1) is 0 Å². The highest BCUT2D eigenvalue weighted by Crippen LogP contribution is 2.31. The minimum Gasteiger partial charge on any atom is -0.399 e. The summed E-state index contributed by atoms with van der Waals surface area (Å²) in [6.07, 6.45) is 1.74. The minimum atomic E-state index is -0.480. The van der Waals surface area contributed by atoms with Gasteiger partial charge in [0.05, 0.1) is 10.5 Å². The number of carbonyl (C=O) groups excluding carboxylic acids is 1. The molecule has 2 N–H and O–H groups in total. The van der Waals surface area contributed by atoms with Gasteiger partial charge >= 0.3 is 5.00 Å². The van der Waals surface area contributed by atoms with Crippen molar-refractivity contribution < 1.29 is 9.72 Å². The van der Waals surface area contributed by atoms with Crippen LogP contribution >= 0.6 is 11.3 Å². The van der Waals surface area contributed by atoms with Crippen LogP contribution in [0.4, 0.5) is 16.4 Å². The van der Waals surface area contributed by atoms with E-state index in [1.807, 2.05) is 12.1 Å². The van der Waals surface area contributed by atoms with Crippen molar-refractivity contribution in [2.45, 2.75) is 12.8 Å². The van der Waals surface area contributed by atoms with Crippen LogP contribution < -0.4 is 10.6 Å². The maximum Gasteiger partial charge on any atom is 0.324 e. The zero-order valence-electron chi connectivity index (χ0n) is 11.1. The van der Waals surface area contributed by atoms with Crippen LogP contribution in [0, 0.1) is 10.1 Å². The van der Waals surface area contributed by atoms with Gasteiger partial charge in [0.2, 0.25) is 0 Å². The third kappa shape index (κ3) is 2.47. The average molecular weight is 303 g/mol. The predicted octanol–water partition coefficient (Wildman–Crippen LogP) is 2.83. The van der Waals surface area contributed by atoms with E-state index in [4.69, 9.17) is 5.73 Å². The van der Waals surface area contributed by atoms with E-state index < -0.39 is 4.92 Å². The van der Waals surface area contributed by atoms with Crippen molar-refractivity contribution >= 4 is 33.6 Å². The molecule has 0 saturated carbocycles. The van der Waals surface area contributed by atoms with Crippen molar-refractivity contribution in [3.05, 3.63) is 50.9 Å². The van der Waals surface area contributed by atoms with Gasteiger partial charge in [-0.05, 0) is 36.6 Å². The lowest BCUT2D eigenvalue weighted by molar-refractivity contribution is -0.380. The summed E-state index contributed by atoms with van der Waals surface area (Å²) in [5.74, 6) is -0.204. The van der Waals surface area contributed by atoms with Crippen molar-refractivity contribution in [1.82, 2.24) is 0 Å². The lowest BCUT2D eigenvalue weighted by Crippen LogP contribution is -2.35. The van der Waals surface area contributed by atoms with E-state index in [9.17, 15) is 14.9 Å². The number of hydrogen-bond acceptors (Lipinski definition) is 5. The maximum atomic E-state index is 12.6. The number of benzene rings is 1. The largest absolute Gasteiger partial charge is 0.399 e. The molecule has 0 unspecified atom stereocenters. The summed E-state index contributed by atoms with van der Waals surface area (Å²) in [7, 11) is 0. The molecule has 0 atom stereocenters.